The second kappa shape index (κ2) is 6.47. The van der Waals surface area contributed by atoms with Gasteiger partial charge in [-0.05, 0) is 31.4 Å². The van der Waals surface area contributed by atoms with Crippen LogP contribution in [-0.2, 0) is 17.8 Å². The molecule has 1 N–H and O–H groups in total. The summed E-state index contributed by atoms with van der Waals surface area (Å²) in [5.41, 5.74) is 1.81. The Balaban J connectivity index is 1.51. The van der Waals surface area contributed by atoms with Gasteiger partial charge in [0, 0.05) is 24.3 Å². The molecule has 1 aromatic carbocycles. The van der Waals surface area contributed by atoms with E-state index in [0.717, 1.165) is 42.5 Å². The van der Waals surface area contributed by atoms with Crippen LogP contribution in [-0.4, -0.2) is 43.4 Å². The lowest BCUT2D eigenvalue weighted by atomic mass is 10.0. The van der Waals surface area contributed by atoms with Crippen molar-refractivity contribution in [3.8, 4) is 0 Å². The Labute approximate surface area is 140 Å². The second-order valence-electron chi connectivity index (χ2n) is 6.36. The van der Waals surface area contributed by atoms with Crippen LogP contribution >= 0.6 is 0 Å². The van der Waals surface area contributed by atoms with E-state index in [9.17, 15) is 4.79 Å². The number of hydrogen-bond acceptors (Lipinski definition) is 3. The average Bonchev–Trinajstić information content (AvgIpc) is 3.26. The molecule has 3 heterocycles. The zero-order valence-electron chi connectivity index (χ0n) is 13.6. The molecule has 4 rings (SSSR count). The summed E-state index contributed by atoms with van der Waals surface area (Å²) in [7, 11) is 0. The third kappa shape index (κ3) is 2.91. The number of rotatable bonds is 4. The van der Waals surface area contributed by atoms with Crippen LogP contribution in [0.25, 0.3) is 10.9 Å². The Morgan fingerprint density at radius 1 is 1.25 bits per heavy atom. The Morgan fingerprint density at radius 2 is 2.17 bits per heavy atom. The third-order valence-electron chi connectivity index (χ3n) is 4.77. The van der Waals surface area contributed by atoms with Crippen molar-refractivity contribution in [2.45, 2.75) is 38.3 Å². The highest BCUT2D eigenvalue weighted by atomic mass is 16.2. The molecule has 6 nitrogen and oxygen atoms in total. The van der Waals surface area contributed by atoms with Gasteiger partial charge in [-0.25, -0.2) is 0 Å². The monoisotopic (exact) mass is 323 g/mol. The minimum atomic E-state index is 0.168. The Kier molecular flexibility index (Phi) is 4.02. The van der Waals surface area contributed by atoms with Gasteiger partial charge < -0.3 is 4.90 Å². The summed E-state index contributed by atoms with van der Waals surface area (Å²) in [6.45, 7) is 1.60. The van der Waals surface area contributed by atoms with Gasteiger partial charge >= 0.3 is 0 Å². The van der Waals surface area contributed by atoms with E-state index < -0.39 is 0 Å². The minimum Gasteiger partial charge on any atom is -0.338 e. The van der Waals surface area contributed by atoms with Crippen LogP contribution in [0, 0.1) is 0 Å². The van der Waals surface area contributed by atoms with E-state index in [1.54, 1.807) is 6.20 Å². The number of hydrogen-bond donors (Lipinski definition) is 1. The molecule has 6 heteroatoms. The molecule has 1 amide bonds. The first-order valence-corrected chi connectivity index (χ1v) is 8.50. The number of fused-ring (bicyclic) bond motifs is 1. The Hall–Kier alpha value is -2.63. The largest absolute Gasteiger partial charge is 0.338 e. The molecule has 1 aliphatic heterocycles. The maximum Gasteiger partial charge on any atom is 0.228 e. The van der Waals surface area contributed by atoms with Crippen LogP contribution in [0.2, 0.25) is 0 Å². The summed E-state index contributed by atoms with van der Waals surface area (Å²) in [6, 6.07) is 10.1. The normalized spacial score (nSPS) is 18.2. The molecule has 1 unspecified atom stereocenters. The molecule has 124 valence electrons. The van der Waals surface area contributed by atoms with Crippen LogP contribution in [0.3, 0.4) is 0 Å². The number of aromatic amines is 1. The van der Waals surface area contributed by atoms with E-state index in [4.69, 9.17) is 0 Å². The van der Waals surface area contributed by atoms with Gasteiger partial charge in [0.2, 0.25) is 5.91 Å². The number of nitrogens with one attached hydrogen (secondary N) is 1. The summed E-state index contributed by atoms with van der Waals surface area (Å²) < 4.78 is 1.92. The predicted octanol–water partition coefficient (Wildman–Crippen LogP) is 2.38. The first-order chi connectivity index (χ1) is 11.8. The second-order valence-corrected chi connectivity index (χ2v) is 6.36. The first-order valence-electron chi connectivity index (χ1n) is 8.50. The Morgan fingerprint density at radius 3 is 3.04 bits per heavy atom. The van der Waals surface area contributed by atoms with E-state index in [-0.39, 0.29) is 11.9 Å². The molecular formula is C18H21N5O. The maximum absolute atomic E-state index is 12.9. The molecule has 2 aromatic heterocycles. The van der Waals surface area contributed by atoms with Crippen LogP contribution in [0.1, 0.15) is 25.0 Å². The van der Waals surface area contributed by atoms with Gasteiger partial charge in [-0.15, -0.1) is 0 Å². The molecule has 24 heavy (non-hydrogen) atoms. The van der Waals surface area contributed by atoms with E-state index >= 15 is 0 Å². The molecule has 1 aliphatic rings. The number of para-hydroxylation sites is 1. The van der Waals surface area contributed by atoms with Gasteiger partial charge in [0.15, 0.2) is 0 Å². The van der Waals surface area contributed by atoms with Crippen LogP contribution < -0.4 is 0 Å². The standard InChI is InChI=1S/C18H21N5O/c24-18(12-17-15-7-1-2-8-16(15)20-21-17)23-11-4-3-6-14(23)13-22-10-5-9-19-22/h1-2,5,7-10,14H,3-4,6,11-13H2,(H,20,21). The fraction of sp³-hybridized carbons (Fsp3) is 0.389. The smallest absolute Gasteiger partial charge is 0.228 e. The molecular weight excluding hydrogens is 302 g/mol. The number of aromatic nitrogens is 4. The van der Waals surface area contributed by atoms with Crippen molar-refractivity contribution in [3.05, 3.63) is 48.4 Å². The van der Waals surface area contributed by atoms with E-state index in [2.05, 4.69) is 15.3 Å². The highest BCUT2D eigenvalue weighted by Gasteiger charge is 2.27. The maximum atomic E-state index is 12.9. The summed E-state index contributed by atoms with van der Waals surface area (Å²) in [5.74, 6) is 0.168. The molecule has 0 aliphatic carbocycles. The lowest BCUT2D eigenvalue weighted by Gasteiger charge is -2.35. The van der Waals surface area contributed by atoms with Crippen molar-refractivity contribution in [3.63, 3.8) is 0 Å². The summed E-state index contributed by atoms with van der Waals surface area (Å²) in [4.78, 5) is 14.9. The summed E-state index contributed by atoms with van der Waals surface area (Å²) in [6.07, 6.45) is 7.39. The topological polar surface area (TPSA) is 66.8 Å². The number of benzene rings is 1. The fourth-order valence-electron chi connectivity index (χ4n) is 3.54. The van der Waals surface area contributed by atoms with E-state index in [0.29, 0.717) is 6.42 Å². The average molecular weight is 323 g/mol. The molecule has 3 aromatic rings. The number of nitrogens with zero attached hydrogens (tertiary/aromatic N) is 4. The number of carbonyl (C=O) groups excluding carboxylic acids is 1. The third-order valence-corrected chi connectivity index (χ3v) is 4.77. The van der Waals surface area contributed by atoms with Gasteiger partial charge in [-0.1, -0.05) is 18.2 Å². The number of carbonyl (C=O) groups is 1. The number of amides is 1. The van der Waals surface area contributed by atoms with Crippen molar-refractivity contribution in [1.29, 1.82) is 0 Å². The van der Waals surface area contributed by atoms with Crippen molar-refractivity contribution in [1.82, 2.24) is 24.9 Å². The molecule has 0 spiro atoms. The molecule has 0 bridgehead atoms. The minimum absolute atomic E-state index is 0.168. The molecule has 0 radical (unpaired) electrons. The number of H-pyrrole nitrogens is 1. The quantitative estimate of drug-likeness (QED) is 0.801. The predicted molar refractivity (Wildman–Crippen MR) is 91.4 cm³/mol. The lowest BCUT2D eigenvalue weighted by Crippen LogP contribution is -2.46. The van der Waals surface area contributed by atoms with Gasteiger partial charge in [0.05, 0.1) is 30.2 Å². The lowest BCUT2D eigenvalue weighted by molar-refractivity contribution is -0.134. The van der Waals surface area contributed by atoms with Crippen LogP contribution in [0.15, 0.2) is 42.7 Å². The highest BCUT2D eigenvalue weighted by molar-refractivity contribution is 5.87. The first kappa shape index (κ1) is 14.9. The van der Waals surface area contributed by atoms with Crippen molar-refractivity contribution in [2.75, 3.05) is 6.54 Å². The van der Waals surface area contributed by atoms with Crippen molar-refractivity contribution < 1.29 is 4.79 Å². The van der Waals surface area contributed by atoms with E-state index in [1.165, 1.54) is 6.42 Å². The number of piperidine rings is 1. The van der Waals surface area contributed by atoms with Gasteiger partial charge in [0.1, 0.15) is 0 Å². The van der Waals surface area contributed by atoms with Crippen LogP contribution in [0.4, 0.5) is 0 Å². The van der Waals surface area contributed by atoms with Gasteiger partial charge in [0.25, 0.3) is 0 Å². The molecule has 1 saturated heterocycles. The molecule has 0 saturated carbocycles. The van der Waals surface area contributed by atoms with Gasteiger partial charge in [-0.2, -0.15) is 10.2 Å². The summed E-state index contributed by atoms with van der Waals surface area (Å²) in [5, 5.41) is 12.6. The van der Waals surface area contributed by atoms with Crippen molar-refractivity contribution in [2.24, 2.45) is 0 Å². The SMILES string of the molecule is O=C(Cc1[nH]nc2ccccc12)N1CCCCC1Cn1cccn1. The fourth-order valence-corrected chi connectivity index (χ4v) is 3.54. The van der Waals surface area contributed by atoms with E-state index in [1.807, 2.05) is 46.1 Å². The zero-order valence-corrected chi connectivity index (χ0v) is 13.6. The van der Waals surface area contributed by atoms with Crippen LogP contribution in [0.5, 0.6) is 0 Å². The van der Waals surface area contributed by atoms with Gasteiger partial charge in [-0.3, -0.25) is 14.6 Å². The highest BCUT2D eigenvalue weighted by Crippen LogP contribution is 2.21. The zero-order chi connectivity index (χ0) is 16.4. The summed E-state index contributed by atoms with van der Waals surface area (Å²) >= 11 is 0. The molecule has 1 atom stereocenters. The molecule has 1 fully saturated rings. The Bertz CT molecular complexity index is 823. The number of likely N-dealkylation sites (tertiary alicyclic amines) is 1. The van der Waals surface area contributed by atoms with Crippen molar-refractivity contribution >= 4 is 16.8 Å².